The van der Waals surface area contributed by atoms with Crippen molar-refractivity contribution in [1.29, 1.82) is 5.26 Å². The maximum Gasteiger partial charge on any atom is 0.242 e. The van der Waals surface area contributed by atoms with Crippen molar-refractivity contribution in [1.82, 2.24) is 14.8 Å². The third-order valence-corrected chi connectivity index (χ3v) is 2.33. The number of hydrogen-bond donors (Lipinski definition) is 1. The van der Waals surface area contributed by atoms with Gasteiger partial charge in [0.2, 0.25) is 5.88 Å². The van der Waals surface area contributed by atoms with Crippen LogP contribution in [0.3, 0.4) is 0 Å². The number of pyridine rings is 1. The van der Waals surface area contributed by atoms with Gasteiger partial charge in [0.15, 0.2) is 5.75 Å². The molecule has 0 radical (unpaired) electrons. The Bertz CT molecular complexity index is 597. The fraction of sp³-hybridized carbons (Fsp3) is 0.250. The molecule has 0 saturated carbocycles. The summed E-state index contributed by atoms with van der Waals surface area (Å²) in [6.07, 6.45) is 4.78. The van der Waals surface area contributed by atoms with Crippen molar-refractivity contribution in [3.05, 3.63) is 30.2 Å². The van der Waals surface area contributed by atoms with E-state index >= 15 is 0 Å². The number of nitrogens with zero attached hydrogens (tertiary/aromatic N) is 4. The average molecular weight is 243 g/mol. The van der Waals surface area contributed by atoms with Crippen molar-refractivity contribution in [3.63, 3.8) is 0 Å². The number of anilines is 1. The molecule has 2 N–H and O–H groups in total. The van der Waals surface area contributed by atoms with Gasteiger partial charge in [0.25, 0.3) is 0 Å². The maximum absolute atomic E-state index is 8.71. The first kappa shape index (κ1) is 11.9. The molecule has 0 bridgehead atoms. The molecule has 92 valence electrons. The second kappa shape index (κ2) is 4.75. The van der Waals surface area contributed by atoms with E-state index in [4.69, 9.17) is 15.7 Å². The van der Waals surface area contributed by atoms with Crippen molar-refractivity contribution in [2.75, 3.05) is 5.73 Å². The topological polar surface area (TPSA) is 89.8 Å². The lowest BCUT2D eigenvalue weighted by molar-refractivity contribution is 0.461. The Morgan fingerprint density at radius 2 is 2.22 bits per heavy atom. The van der Waals surface area contributed by atoms with Gasteiger partial charge < -0.3 is 10.5 Å². The molecule has 6 nitrogen and oxygen atoms in total. The summed E-state index contributed by atoms with van der Waals surface area (Å²) < 4.78 is 7.28. The summed E-state index contributed by atoms with van der Waals surface area (Å²) in [6.45, 7) is 4.04. The molecule has 2 aromatic rings. The lowest BCUT2D eigenvalue weighted by Gasteiger charge is -2.05. The largest absolute Gasteiger partial charge is 0.434 e. The molecule has 0 aliphatic heterocycles. The number of nitrogens with two attached hydrogens (primary N) is 1. The fourth-order valence-corrected chi connectivity index (χ4v) is 1.38. The highest BCUT2D eigenvalue weighted by atomic mass is 16.5. The summed E-state index contributed by atoms with van der Waals surface area (Å²) in [5.74, 6) is 0.838. The first-order valence-electron chi connectivity index (χ1n) is 5.48. The Balaban J connectivity index is 2.21. The van der Waals surface area contributed by atoms with Crippen LogP contribution in [0.2, 0.25) is 0 Å². The molecular weight excluding hydrogens is 230 g/mol. The Kier molecular flexibility index (Phi) is 3.15. The van der Waals surface area contributed by atoms with Crippen LogP contribution in [0.25, 0.3) is 0 Å². The molecule has 2 aromatic heterocycles. The Hall–Kier alpha value is -2.55. The summed E-state index contributed by atoms with van der Waals surface area (Å²) in [7, 11) is 0. The van der Waals surface area contributed by atoms with Crippen molar-refractivity contribution in [2.24, 2.45) is 0 Å². The van der Waals surface area contributed by atoms with Gasteiger partial charge in [0.05, 0.1) is 23.6 Å². The van der Waals surface area contributed by atoms with E-state index in [1.807, 2.05) is 19.9 Å². The predicted octanol–water partition coefficient (Wildman–Crippen LogP) is 2.11. The van der Waals surface area contributed by atoms with Gasteiger partial charge in [-0.1, -0.05) is 0 Å². The highest BCUT2D eigenvalue weighted by Crippen LogP contribution is 2.25. The zero-order valence-corrected chi connectivity index (χ0v) is 10.2. The molecule has 0 saturated heterocycles. The molecule has 2 heterocycles. The molecule has 0 atom stereocenters. The van der Waals surface area contributed by atoms with Crippen molar-refractivity contribution >= 4 is 5.69 Å². The van der Waals surface area contributed by atoms with Gasteiger partial charge in [0.1, 0.15) is 6.07 Å². The molecule has 0 aliphatic rings. The van der Waals surface area contributed by atoms with E-state index in [9.17, 15) is 0 Å². The van der Waals surface area contributed by atoms with Crippen LogP contribution < -0.4 is 10.5 Å². The van der Waals surface area contributed by atoms with E-state index in [1.165, 1.54) is 12.3 Å². The van der Waals surface area contributed by atoms with Crippen LogP contribution in [0.5, 0.6) is 11.6 Å². The number of rotatable bonds is 3. The second-order valence-electron chi connectivity index (χ2n) is 4.08. The molecule has 0 amide bonds. The summed E-state index contributed by atoms with van der Waals surface area (Å²) in [5, 5.41) is 12.9. The monoisotopic (exact) mass is 243 g/mol. The molecule has 0 aliphatic carbocycles. The van der Waals surface area contributed by atoms with E-state index in [1.54, 1.807) is 17.1 Å². The average Bonchev–Trinajstić information content (AvgIpc) is 2.80. The van der Waals surface area contributed by atoms with Gasteiger partial charge in [-0.25, -0.2) is 4.98 Å². The van der Waals surface area contributed by atoms with Gasteiger partial charge in [-0.3, -0.25) is 4.68 Å². The Morgan fingerprint density at radius 1 is 1.44 bits per heavy atom. The molecule has 0 unspecified atom stereocenters. The van der Waals surface area contributed by atoms with Crippen LogP contribution in [0.1, 0.15) is 25.5 Å². The van der Waals surface area contributed by atoms with Crippen LogP contribution in [0, 0.1) is 11.3 Å². The standard InChI is InChI=1S/C12H13N5O/c1-8(2)17-7-10(6-16-17)18-12-11(14)3-9(4-13)5-15-12/h3,5-8H,14H2,1-2H3. The molecule has 18 heavy (non-hydrogen) atoms. The predicted molar refractivity (Wildman–Crippen MR) is 66.1 cm³/mol. The highest BCUT2D eigenvalue weighted by Gasteiger charge is 2.08. The van der Waals surface area contributed by atoms with Crippen molar-refractivity contribution < 1.29 is 4.74 Å². The molecular formula is C12H13N5O. The van der Waals surface area contributed by atoms with Crippen LogP contribution in [-0.2, 0) is 0 Å². The summed E-state index contributed by atoms with van der Waals surface area (Å²) in [5.41, 5.74) is 6.47. The van der Waals surface area contributed by atoms with E-state index in [0.717, 1.165) is 0 Å². The van der Waals surface area contributed by atoms with Crippen LogP contribution in [0.4, 0.5) is 5.69 Å². The summed E-state index contributed by atoms with van der Waals surface area (Å²) in [6, 6.07) is 3.74. The van der Waals surface area contributed by atoms with Gasteiger partial charge >= 0.3 is 0 Å². The quantitative estimate of drug-likeness (QED) is 0.891. The number of nitriles is 1. The summed E-state index contributed by atoms with van der Waals surface area (Å²) >= 11 is 0. The van der Waals surface area contributed by atoms with E-state index in [-0.39, 0.29) is 11.9 Å². The zero-order chi connectivity index (χ0) is 13.1. The van der Waals surface area contributed by atoms with E-state index < -0.39 is 0 Å². The number of hydrogen-bond acceptors (Lipinski definition) is 5. The summed E-state index contributed by atoms with van der Waals surface area (Å²) in [4.78, 5) is 3.99. The SMILES string of the molecule is CC(C)n1cc(Oc2ncc(C#N)cc2N)cn1. The smallest absolute Gasteiger partial charge is 0.242 e. The minimum absolute atomic E-state index is 0.258. The third-order valence-electron chi connectivity index (χ3n) is 2.33. The maximum atomic E-state index is 8.71. The molecule has 6 heteroatoms. The van der Waals surface area contributed by atoms with E-state index in [0.29, 0.717) is 17.0 Å². The molecule has 0 fully saturated rings. The van der Waals surface area contributed by atoms with Crippen LogP contribution in [-0.4, -0.2) is 14.8 Å². The number of ether oxygens (including phenoxy) is 1. The van der Waals surface area contributed by atoms with Gasteiger partial charge in [-0.2, -0.15) is 10.4 Å². The van der Waals surface area contributed by atoms with Crippen LogP contribution in [0.15, 0.2) is 24.7 Å². The minimum atomic E-state index is 0.258. The number of nitrogen functional groups attached to an aromatic ring is 1. The van der Waals surface area contributed by atoms with Gasteiger partial charge in [0, 0.05) is 12.2 Å². The Morgan fingerprint density at radius 3 is 2.78 bits per heavy atom. The van der Waals surface area contributed by atoms with Crippen molar-refractivity contribution in [2.45, 2.75) is 19.9 Å². The molecule has 0 spiro atoms. The number of aromatic nitrogens is 3. The minimum Gasteiger partial charge on any atom is -0.434 e. The first-order chi connectivity index (χ1) is 8.60. The lowest BCUT2D eigenvalue weighted by atomic mass is 10.3. The lowest BCUT2D eigenvalue weighted by Crippen LogP contribution is -2.00. The normalized spacial score (nSPS) is 10.3. The van der Waals surface area contributed by atoms with Gasteiger partial charge in [-0.05, 0) is 19.9 Å². The molecule has 2 rings (SSSR count). The van der Waals surface area contributed by atoms with Crippen molar-refractivity contribution in [3.8, 4) is 17.7 Å². The fourth-order valence-electron chi connectivity index (χ4n) is 1.38. The van der Waals surface area contributed by atoms with E-state index in [2.05, 4.69) is 10.1 Å². The Labute approximate surface area is 105 Å². The molecule has 0 aromatic carbocycles. The van der Waals surface area contributed by atoms with Gasteiger partial charge in [-0.15, -0.1) is 0 Å². The zero-order valence-electron chi connectivity index (χ0n) is 10.2. The first-order valence-corrected chi connectivity index (χ1v) is 5.48. The van der Waals surface area contributed by atoms with Crippen LogP contribution >= 0.6 is 0 Å². The second-order valence-corrected chi connectivity index (χ2v) is 4.08. The highest BCUT2D eigenvalue weighted by molar-refractivity contribution is 5.53. The third kappa shape index (κ3) is 2.40.